The lowest BCUT2D eigenvalue weighted by Gasteiger charge is -2.08. The molecule has 1 aromatic carbocycles. The number of ether oxygens (including phenoxy) is 2. The third-order valence-electron chi connectivity index (χ3n) is 2.94. The Morgan fingerprint density at radius 3 is 2.45 bits per heavy atom. The molecule has 1 heterocycles. The first-order chi connectivity index (χ1) is 9.55. The Labute approximate surface area is 127 Å². The summed E-state index contributed by atoms with van der Waals surface area (Å²) in [4.78, 5) is 12.9. The molecule has 0 aliphatic carbocycles. The van der Waals surface area contributed by atoms with Gasteiger partial charge in [-0.15, -0.1) is 11.3 Å². The highest BCUT2D eigenvalue weighted by molar-refractivity contribution is 7.18. The molecule has 0 atom stereocenters. The van der Waals surface area contributed by atoms with Gasteiger partial charge in [-0.2, -0.15) is 0 Å². The maximum atomic E-state index is 12.2. The van der Waals surface area contributed by atoms with Gasteiger partial charge in [0.05, 0.1) is 23.4 Å². The number of Topliss-reactive ketones (excluding diaryl/α,β-unsaturated/α-hetero) is 1. The van der Waals surface area contributed by atoms with Gasteiger partial charge in [-0.3, -0.25) is 4.79 Å². The van der Waals surface area contributed by atoms with Crippen LogP contribution in [0, 0.1) is 6.92 Å². The molecule has 0 amide bonds. The van der Waals surface area contributed by atoms with E-state index in [-0.39, 0.29) is 5.78 Å². The summed E-state index contributed by atoms with van der Waals surface area (Å²) in [5.41, 5.74) is 1.82. The predicted molar refractivity (Wildman–Crippen MR) is 81.6 cm³/mol. The van der Waals surface area contributed by atoms with Gasteiger partial charge in [0.15, 0.2) is 17.3 Å². The molecule has 0 unspecified atom stereocenters. The highest BCUT2D eigenvalue weighted by atomic mass is 35.5. The van der Waals surface area contributed by atoms with Crippen LogP contribution in [0.1, 0.15) is 20.8 Å². The van der Waals surface area contributed by atoms with Gasteiger partial charge in [-0.25, -0.2) is 0 Å². The number of rotatable bonds is 5. The van der Waals surface area contributed by atoms with Gasteiger partial charge in [0.1, 0.15) is 0 Å². The second-order valence-electron chi connectivity index (χ2n) is 4.36. The summed E-state index contributed by atoms with van der Waals surface area (Å²) in [6.45, 7) is 1.89. The van der Waals surface area contributed by atoms with Crippen molar-refractivity contribution in [2.45, 2.75) is 13.3 Å². The highest BCUT2D eigenvalue weighted by Crippen LogP contribution is 2.30. The maximum Gasteiger partial charge on any atom is 0.177 e. The number of hydrogen-bond acceptors (Lipinski definition) is 4. The minimum absolute atomic E-state index is 0.0530. The minimum atomic E-state index is 0.0530. The first-order valence-corrected chi connectivity index (χ1v) is 7.24. The lowest BCUT2D eigenvalue weighted by Crippen LogP contribution is -2.02. The molecule has 0 N–H and O–H groups in total. The SMILES string of the molecule is COc1ccc(CC(=O)c2cc(C)c(Cl)s2)cc1OC. The van der Waals surface area contributed by atoms with E-state index in [1.54, 1.807) is 20.3 Å². The highest BCUT2D eigenvalue weighted by Gasteiger charge is 2.13. The molecular formula is C15H15ClO3S. The number of thiophene rings is 1. The van der Waals surface area contributed by atoms with Crippen LogP contribution in [0.5, 0.6) is 11.5 Å². The van der Waals surface area contributed by atoms with Gasteiger partial charge in [0.2, 0.25) is 0 Å². The molecule has 1 aromatic heterocycles. The van der Waals surface area contributed by atoms with Crippen LogP contribution in [0.15, 0.2) is 24.3 Å². The fourth-order valence-corrected chi connectivity index (χ4v) is 3.00. The number of aryl methyl sites for hydroxylation is 1. The van der Waals surface area contributed by atoms with Crippen LogP contribution in [0.4, 0.5) is 0 Å². The topological polar surface area (TPSA) is 35.5 Å². The maximum absolute atomic E-state index is 12.2. The summed E-state index contributed by atoms with van der Waals surface area (Å²) >= 11 is 7.31. The molecule has 0 spiro atoms. The first-order valence-electron chi connectivity index (χ1n) is 6.05. The van der Waals surface area contributed by atoms with E-state index in [0.717, 1.165) is 11.1 Å². The van der Waals surface area contributed by atoms with Gasteiger partial charge in [0, 0.05) is 6.42 Å². The Bertz CT molecular complexity index is 615. The molecule has 0 radical (unpaired) electrons. The number of carbonyl (C=O) groups is 1. The molecule has 2 rings (SSSR count). The lowest BCUT2D eigenvalue weighted by molar-refractivity contribution is 0.0996. The van der Waals surface area contributed by atoms with Crippen LogP contribution in [-0.2, 0) is 6.42 Å². The largest absolute Gasteiger partial charge is 0.493 e. The number of benzene rings is 1. The normalized spacial score (nSPS) is 10.4. The Morgan fingerprint density at radius 2 is 1.90 bits per heavy atom. The number of hydrogen-bond donors (Lipinski definition) is 0. The van der Waals surface area contributed by atoms with Crippen molar-refractivity contribution in [1.82, 2.24) is 0 Å². The number of methoxy groups -OCH3 is 2. The van der Waals surface area contributed by atoms with E-state index in [2.05, 4.69) is 0 Å². The fourth-order valence-electron chi connectivity index (χ4n) is 1.86. The van der Waals surface area contributed by atoms with Crippen molar-refractivity contribution < 1.29 is 14.3 Å². The molecule has 0 saturated carbocycles. The van der Waals surface area contributed by atoms with Crippen molar-refractivity contribution >= 4 is 28.7 Å². The molecule has 3 nitrogen and oxygen atoms in total. The molecule has 0 saturated heterocycles. The van der Waals surface area contributed by atoms with Gasteiger partial charge < -0.3 is 9.47 Å². The number of ketones is 1. The van der Waals surface area contributed by atoms with E-state index in [1.807, 2.05) is 25.1 Å². The molecule has 0 fully saturated rings. The van der Waals surface area contributed by atoms with Crippen LogP contribution >= 0.6 is 22.9 Å². The monoisotopic (exact) mass is 310 g/mol. The minimum Gasteiger partial charge on any atom is -0.493 e. The van der Waals surface area contributed by atoms with Crippen molar-refractivity contribution in [3.63, 3.8) is 0 Å². The Balaban J connectivity index is 2.19. The Morgan fingerprint density at radius 1 is 1.20 bits per heavy atom. The van der Waals surface area contributed by atoms with Crippen LogP contribution < -0.4 is 9.47 Å². The van der Waals surface area contributed by atoms with Gasteiger partial charge in [-0.1, -0.05) is 17.7 Å². The summed E-state index contributed by atoms with van der Waals surface area (Å²) in [5, 5.41) is 0. The molecule has 106 valence electrons. The average molecular weight is 311 g/mol. The van der Waals surface area contributed by atoms with E-state index in [4.69, 9.17) is 21.1 Å². The summed E-state index contributed by atoms with van der Waals surface area (Å²) in [5.74, 6) is 1.33. The van der Waals surface area contributed by atoms with Crippen molar-refractivity contribution in [2.24, 2.45) is 0 Å². The quantitative estimate of drug-likeness (QED) is 0.778. The smallest absolute Gasteiger partial charge is 0.177 e. The summed E-state index contributed by atoms with van der Waals surface area (Å²) in [7, 11) is 3.16. The predicted octanol–water partition coefficient (Wildman–Crippen LogP) is 4.15. The van der Waals surface area contributed by atoms with E-state index in [9.17, 15) is 4.79 Å². The number of halogens is 1. The molecular weight excluding hydrogens is 296 g/mol. The molecule has 5 heteroatoms. The van der Waals surface area contributed by atoms with Crippen LogP contribution in [-0.4, -0.2) is 20.0 Å². The molecule has 0 aliphatic heterocycles. The van der Waals surface area contributed by atoms with Gasteiger partial charge in [0.25, 0.3) is 0 Å². The van der Waals surface area contributed by atoms with E-state index >= 15 is 0 Å². The van der Waals surface area contributed by atoms with Crippen molar-refractivity contribution in [1.29, 1.82) is 0 Å². The van der Waals surface area contributed by atoms with Crippen LogP contribution in [0.3, 0.4) is 0 Å². The van der Waals surface area contributed by atoms with E-state index in [1.165, 1.54) is 11.3 Å². The zero-order valence-electron chi connectivity index (χ0n) is 11.5. The molecule has 0 bridgehead atoms. The third kappa shape index (κ3) is 3.14. The zero-order chi connectivity index (χ0) is 14.7. The summed E-state index contributed by atoms with van der Waals surface area (Å²) in [6, 6.07) is 7.31. The molecule has 2 aromatic rings. The third-order valence-corrected chi connectivity index (χ3v) is 4.54. The zero-order valence-corrected chi connectivity index (χ0v) is 13.1. The van der Waals surface area contributed by atoms with Crippen molar-refractivity contribution in [3.05, 3.63) is 44.6 Å². The van der Waals surface area contributed by atoms with E-state index < -0.39 is 0 Å². The van der Waals surface area contributed by atoms with Crippen molar-refractivity contribution in [2.75, 3.05) is 14.2 Å². The van der Waals surface area contributed by atoms with Crippen molar-refractivity contribution in [3.8, 4) is 11.5 Å². The van der Waals surface area contributed by atoms with E-state index in [0.29, 0.717) is 27.1 Å². The van der Waals surface area contributed by atoms with Gasteiger partial charge in [-0.05, 0) is 36.2 Å². The summed E-state index contributed by atoms with van der Waals surface area (Å²) in [6.07, 6.45) is 0.316. The standard InChI is InChI=1S/C15H15ClO3S/c1-9-6-14(20-15(9)16)11(17)7-10-4-5-12(18-2)13(8-10)19-3/h4-6,8H,7H2,1-3H3. The Kier molecular flexibility index (Phi) is 4.68. The molecule has 0 aliphatic rings. The van der Waals surface area contributed by atoms with Crippen LogP contribution in [0.2, 0.25) is 4.34 Å². The van der Waals surface area contributed by atoms with Crippen LogP contribution in [0.25, 0.3) is 0 Å². The second-order valence-corrected chi connectivity index (χ2v) is 6.01. The lowest BCUT2D eigenvalue weighted by atomic mass is 10.1. The van der Waals surface area contributed by atoms with Gasteiger partial charge >= 0.3 is 0 Å². The second kappa shape index (κ2) is 6.29. The fraction of sp³-hybridized carbons (Fsp3) is 0.267. The first kappa shape index (κ1) is 14.9. The average Bonchev–Trinajstić information content (AvgIpc) is 2.78. The number of carbonyl (C=O) groups excluding carboxylic acids is 1. The Hall–Kier alpha value is -1.52. The summed E-state index contributed by atoms with van der Waals surface area (Å²) < 4.78 is 11.1. The molecule has 20 heavy (non-hydrogen) atoms.